The number of ketones is 1. The molecule has 0 radical (unpaired) electrons. The Kier molecular flexibility index (Phi) is 4.38. The number of benzene rings is 2. The third-order valence-electron chi connectivity index (χ3n) is 4.90. The van der Waals surface area contributed by atoms with Crippen molar-refractivity contribution in [1.82, 2.24) is 10.6 Å². The number of hydrogen-bond acceptors (Lipinski definition) is 5. The van der Waals surface area contributed by atoms with Crippen molar-refractivity contribution in [2.45, 2.75) is 17.9 Å². The highest BCUT2D eigenvalue weighted by Gasteiger charge is 2.66. The van der Waals surface area contributed by atoms with E-state index >= 15 is 0 Å². The van der Waals surface area contributed by atoms with E-state index in [1.165, 1.54) is 47.8 Å². The number of aliphatic hydroxyl groups is 1. The Balaban J connectivity index is 1.84. The summed E-state index contributed by atoms with van der Waals surface area (Å²) in [5.74, 6) is -2.44. The largest absolute Gasteiger partial charge is 0.454 e. The maximum absolute atomic E-state index is 13.8. The van der Waals surface area contributed by atoms with Crippen molar-refractivity contribution in [2.75, 3.05) is 6.79 Å². The first-order chi connectivity index (χ1) is 13.7. The van der Waals surface area contributed by atoms with Gasteiger partial charge in [0.2, 0.25) is 12.5 Å². The molecule has 2 aliphatic rings. The van der Waals surface area contributed by atoms with Gasteiger partial charge in [-0.05, 0) is 17.7 Å². The number of Topliss-reactive ketones (excluding diaryl/α,β-unsaturated/α-hetero) is 1. The fourth-order valence-corrected chi connectivity index (χ4v) is 3.51. The number of halogens is 3. The molecule has 0 unspecified atom stereocenters. The maximum Gasteiger partial charge on any atom is 0.437 e. The summed E-state index contributed by atoms with van der Waals surface area (Å²) >= 11 is 0. The zero-order valence-corrected chi connectivity index (χ0v) is 14.7. The van der Waals surface area contributed by atoms with Gasteiger partial charge in [-0.1, -0.05) is 36.4 Å². The molecule has 2 aromatic carbocycles. The fourth-order valence-electron chi connectivity index (χ4n) is 3.51. The van der Waals surface area contributed by atoms with Gasteiger partial charge in [-0.3, -0.25) is 4.79 Å². The summed E-state index contributed by atoms with van der Waals surface area (Å²) in [6.07, 6.45) is -5.31. The lowest BCUT2D eigenvalue weighted by molar-refractivity contribution is -0.287. The average molecular weight is 408 g/mol. The molecular weight excluding hydrogens is 393 g/mol. The monoisotopic (exact) mass is 408 g/mol. The molecule has 2 amide bonds. The molecule has 4 rings (SSSR count). The number of rotatable bonds is 3. The number of fused-ring (bicyclic) bond motifs is 1. The number of nitrogens with one attached hydrogen (secondary N) is 2. The molecule has 0 bridgehead atoms. The third kappa shape index (κ3) is 3.15. The van der Waals surface area contributed by atoms with Crippen LogP contribution in [0.4, 0.5) is 18.0 Å². The lowest BCUT2D eigenvalue weighted by Gasteiger charge is -2.45. The zero-order valence-electron chi connectivity index (χ0n) is 14.7. The molecule has 0 saturated carbocycles. The van der Waals surface area contributed by atoms with Gasteiger partial charge in [-0.15, -0.1) is 0 Å². The van der Waals surface area contributed by atoms with Crippen LogP contribution in [0.15, 0.2) is 48.5 Å². The van der Waals surface area contributed by atoms with Crippen LogP contribution in [0.2, 0.25) is 0 Å². The van der Waals surface area contributed by atoms with Crippen molar-refractivity contribution in [2.24, 2.45) is 5.92 Å². The van der Waals surface area contributed by atoms with Crippen LogP contribution in [0, 0.1) is 5.92 Å². The second-order valence-electron chi connectivity index (χ2n) is 6.66. The van der Waals surface area contributed by atoms with Gasteiger partial charge in [0, 0.05) is 5.56 Å². The number of amides is 2. The van der Waals surface area contributed by atoms with E-state index in [1.807, 2.05) is 0 Å². The Morgan fingerprint density at radius 2 is 1.79 bits per heavy atom. The van der Waals surface area contributed by atoms with Gasteiger partial charge in [0.1, 0.15) is 5.92 Å². The molecule has 0 spiro atoms. The van der Waals surface area contributed by atoms with Crippen LogP contribution < -0.4 is 20.1 Å². The molecule has 152 valence electrons. The van der Waals surface area contributed by atoms with E-state index in [9.17, 15) is 27.9 Å². The predicted octanol–water partition coefficient (Wildman–Crippen LogP) is 2.52. The Hall–Kier alpha value is -3.27. The van der Waals surface area contributed by atoms with E-state index < -0.39 is 35.7 Å². The molecule has 29 heavy (non-hydrogen) atoms. The standard InChI is InChI=1S/C19H15F3N2O5/c20-19(21,22)18(27)14(16(25)10-4-2-1-3-5-10)15(23-17(26)24-18)11-6-7-12-13(8-11)29-9-28-12/h1-8,14-15,27H,9H2,(H2,23,24,26)/t14-,15-,18-/m1/s1. The normalized spacial score (nSPS) is 25.9. The summed E-state index contributed by atoms with van der Waals surface area (Å²) in [6, 6.07) is 8.77. The molecule has 1 fully saturated rings. The van der Waals surface area contributed by atoms with Crippen LogP contribution in [0.1, 0.15) is 22.0 Å². The SMILES string of the molecule is O=C1N[C@H](c2ccc3c(c2)OCO3)[C@H](C(=O)c2ccccc2)[C@@](O)(C(F)(F)F)N1. The molecule has 0 aliphatic carbocycles. The average Bonchev–Trinajstić information content (AvgIpc) is 3.14. The Labute approximate surface area is 162 Å². The summed E-state index contributed by atoms with van der Waals surface area (Å²) in [5.41, 5.74) is -3.66. The highest BCUT2D eigenvalue weighted by Crippen LogP contribution is 2.45. The van der Waals surface area contributed by atoms with E-state index in [0.29, 0.717) is 5.75 Å². The second kappa shape index (κ2) is 6.66. The molecule has 1 saturated heterocycles. The van der Waals surface area contributed by atoms with Gasteiger partial charge in [0.05, 0.1) is 6.04 Å². The van der Waals surface area contributed by atoms with Crippen molar-refractivity contribution in [3.63, 3.8) is 0 Å². The molecule has 7 nitrogen and oxygen atoms in total. The minimum absolute atomic E-state index is 0.0381. The molecule has 0 aromatic heterocycles. The second-order valence-corrected chi connectivity index (χ2v) is 6.66. The highest BCUT2D eigenvalue weighted by molar-refractivity contribution is 6.00. The summed E-state index contributed by atoms with van der Waals surface area (Å²) in [4.78, 5) is 25.1. The van der Waals surface area contributed by atoms with Crippen LogP contribution in [-0.4, -0.2) is 35.6 Å². The van der Waals surface area contributed by atoms with Crippen molar-refractivity contribution < 1.29 is 37.3 Å². The van der Waals surface area contributed by atoms with E-state index in [2.05, 4.69) is 5.32 Å². The lowest BCUT2D eigenvalue weighted by atomic mass is 9.77. The molecule has 2 aromatic rings. The lowest BCUT2D eigenvalue weighted by Crippen LogP contribution is -2.72. The summed E-state index contributed by atoms with van der Waals surface area (Å²) in [5, 5.41) is 14.3. The predicted molar refractivity (Wildman–Crippen MR) is 92.2 cm³/mol. The topological polar surface area (TPSA) is 96.9 Å². The van der Waals surface area contributed by atoms with Gasteiger partial charge in [0.15, 0.2) is 17.3 Å². The zero-order chi connectivity index (χ0) is 20.8. The van der Waals surface area contributed by atoms with Crippen molar-refractivity contribution >= 4 is 11.8 Å². The number of ether oxygens (including phenoxy) is 2. The van der Waals surface area contributed by atoms with Gasteiger partial charge in [-0.25, -0.2) is 4.79 Å². The molecule has 2 heterocycles. The van der Waals surface area contributed by atoms with Crippen LogP contribution >= 0.6 is 0 Å². The van der Waals surface area contributed by atoms with Crippen LogP contribution in [-0.2, 0) is 0 Å². The van der Waals surface area contributed by atoms with Crippen LogP contribution in [0.3, 0.4) is 0 Å². The minimum Gasteiger partial charge on any atom is -0.454 e. The van der Waals surface area contributed by atoms with E-state index in [-0.39, 0.29) is 23.7 Å². The molecule has 10 heteroatoms. The Bertz CT molecular complexity index is 966. The number of hydrogen-bond donors (Lipinski definition) is 3. The van der Waals surface area contributed by atoms with Gasteiger partial charge >= 0.3 is 12.2 Å². The van der Waals surface area contributed by atoms with E-state index in [4.69, 9.17) is 9.47 Å². The summed E-state index contributed by atoms with van der Waals surface area (Å²) in [6.45, 7) is -0.0593. The molecular formula is C19H15F3N2O5. The Morgan fingerprint density at radius 1 is 1.10 bits per heavy atom. The quantitative estimate of drug-likeness (QED) is 0.679. The first kappa shape index (κ1) is 19.1. The fraction of sp³-hybridized carbons (Fsp3) is 0.263. The number of alkyl halides is 3. The van der Waals surface area contributed by atoms with Crippen molar-refractivity contribution in [1.29, 1.82) is 0 Å². The third-order valence-corrected chi connectivity index (χ3v) is 4.90. The summed E-state index contributed by atoms with van der Waals surface area (Å²) in [7, 11) is 0. The van der Waals surface area contributed by atoms with Crippen LogP contribution in [0.25, 0.3) is 0 Å². The van der Waals surface area contributed by atoms with Gasteiger partial charge < -0.3 is 25.2 Å². The first-order valence-corrected chi connectivity index (χ1v) is 8.57. The molecule has 2 aliphatic heterocycles. The smallest absolute Gasteiger partial charge is 0.437 e. The first-order valence-electron chi connectivity index (χ1n) is 8.57. The molecule has 3 N–H and O–H groups in total. The summed E-state index contributed by atoms with van der Waals surface area (Å²) < 4.78 is 52.0. The van der Waals surface area contributed by atoms with Gasteiger partial charge in [0.25, 0.3) is 0 Å². The molecule has 3 atom stereocenters. The van der Waals surface area contributed by atoms with Crippen molar-refractivity contribution in [3.05, 3.63) is 59.7 Å². The number of carbonyl (C=O) groups is 2. The minimum atomic E-state index is -5.31. The van der Waals surface area contributed by atoms with Gasteiger partial charge in [-0.2, -0.15) is 13.2 Å². The van der Waals surface area contributed by atoms with E-state index in [1.54, 1.807) is 6.07 Å². The van der Waals surface area contributed by atoms with Crippen LogP contribution in [0.5, 0.6) is 11.5 Å². The van der Waals surface area contributed by atoms with E-state index in [0.717, 1.165) is 0 Å². The van der Waals surface area contributed by atoms with Crippen molar-refractivity contribution in [3.8, 4) is 11.5 Å². The maximum atomic E-state index is 13.8. The number of urea groups is 1. The number of carbonyl (C=O) groups excluding carboxylic acids is 2. The highest BCUT2D eigenvalue weighted by atomic mass is 19.4. The Morgan fingerprint density at radius 3 is 2.48 bits per heavy atom.